The molecule has 1 saturated heterocycles. The lowest BCUT2D eigenvalue weighted by molar-refractivity contribution is 0.246. The zero-order chi connectivity index (χ0) is 13.7. The molecule has 102 valence electrons. The summed E-state index contributed by atoms with van der Waals surface area (Å²) in [4.78, 5) is 4.67. The van der Waals surface area contributed by atoms with Crippen molar-refractivity contribution in [3.05, 3.63) is 29.3 Å². The third kappa shape index (κ3) is 3.46. The van der Waals surface area contributed by atoms with Crippen molar-refractivity contribution in [2.75, 3.05) is 51.2 Å². The predicted octanol–water partition coefficient (Wildman–Crippen LogP) is 1.21. The fraction of sp³-hybridized carbons (Fsp3) is 0.533. The van der Waals surface area contributed by atoms with Crippen LogP contribution in [-0.4, -0.2) is 51.2 Å². The molecule has 1 aliphatic heterocycles. The first-order valence-electron chi connectivity index (χ1n) is 6.86. The molecule has 19 heavy (non-hydrogen) atoms. The molecule has 1 aliphatic rings. The van der Waals surface area contributed by atoms with Gasteiger partial charge in [-0.25, -0.2) is 0 Å². The Morgan fingerprint density at radius 3 is 2.79 bits per heavy atom. The zero-order valence-electron chi connectivity index (χ0n) is 11.8. The molecule has 0 spiro atoms. The zero-order valence-corrected chi connectivity index (χ0v) is 11.8. The van der Waals surface area contributed by atoms with Crippen LogP contribution in [0.1, 0.15) is 11.1 Å². The van der Waals surface area contributed by atoms with E-state index in [2.05, 4.69) is 41.2 Å². The molecule has 4 heteroatoms. The van der Waals surface area contributed by atoms with Gasteiger partial charge in [-0.15, -0.1) is 0 Å². The SMILES string of the molecule is Cc1cccc(C#N)c1N(C)CCN1CCNCC1. The number of rotatable bonds is 4. The van der Waals surface area contributed by atoms with Crippen molar-refractivity contribution in [2.24, 2.45) is 0 Å². The quantitative estimate of drug-likeness (QED) is 0.881. The average molecular weight is 258 g/mol. The van der Waals surface area contributed by atoms with Gasteiger partial charge in [0.1, 0.15) is 6.07 Å². The van der Waals surface area contributed by atoms with Gasteiger partial charge < -0.3 is 10.2 Å². The highest BCUT2D eigenvalue weighted by Crippen LogP contribution is 2.23. The van der Waals surface area contributed by atoms with E-state index in [1.807, 2.05) is 12.1 Å². The van der Waals surface area contributed by atoms with Gasteiger partial charge >= 0.3 is 0 Å². The Hall–Kier alpha value is -1.57. The highest BCUT2D eigenvalue weighted by atomic mass is 15.2. The second-order valence-electron chi connectivity index (χ2n) is 5.10. The number of aryl methyl sites for hydroxylation is 1. The fourth-order valence-corrected chi connectivity index (χ4v) is 2.59. The smallest absolute Gasteiger partial charge is 0.101 e. The molecule has 0 aromatic heterocycles. The van der Waals surface area contributed by atoms with E-state index >= 15 is 0 Å². The van der Waals surface area contributed by atoms with E-state index in [1.165, 1.54) is 5.56 Å². The number of para-hydroxylation sites is 1. The molecule has 1 aromatic rings. The van der Waals surface area contributed by atoms with Crippen LogP contribution in [0, 0.1) is 18.3 Å². The van der Waals surface area contributed by atoms with E-state index < -0.39 is 0 Å². The summed E-state index contributed by atoms with van der Waals surface area (Å²) in [5.41, 5.74) is 3.00. The summed E-state index contributed by atoms with van der Waals surface area (Å²) in [7, 11) is 2.07. The van der Waals surface area contributed by atoms with Crippen LogP contribution in [0.25, 0.3) is 0 Å². The number of nitrogens with one attached hydrogen (secondary N) is 1. The van der Waals surface area contributed by atoms with Gasteiger partial charge in [0, 0.05) is 46.3 Å². The molecule has 0 atom stereocenters. The van der Waals surface area contributed by atoms with Crippen molar-refractivity contribution in [3.63, 3.8) is 0 Å². The van der Waals surface area contributed by atoms with Crippen molar-refractivity contribution in [2.45, 2.75) is 6.92 Å². The van der Waals surface area contributed by atoms with Crippen LogP contribution in [0.15, 0.2) is 18.2 Å². The summed E-state index contributed by atoms with van der Waals surface area (Å²) in [6.45, 7) is 8.48. The monoisotopic (exact) mass is 258 g/mol. The highest BCUT2D eigenvalue weighted by Gasteiger charge is 2.13. The highest BCUT2D eigenvalue weighted by molar-refractivity contribution is 5.63. The van der Waals surface area contributed by atoms with Crippen LogP contribution in [0.4, 0.5) is 5.69 Å². The molecule has 2 rings (SSSR count). The van der Waals surface area contributed by atoms with Crippen LogP contribution >= 0.6 is 0 Å². The molecule has 0 radical (unpaired) electrons. The summed E-state index contributed by atoms with van der Waals surface area (Å²) in [5.74, 6) is 0. The number of nitrogens with zero attached hydrogens (tertiary/aromatic N) is 3. The Kier molecular flexibility index (Phi) is 4.78. The number of nitriles is 1. The molecule has 0 bridgehead atoms. The van der Waals surface area contributed by atoms with Gasteiger partial charge in [0.2, 0.25) is 0 Å². The minimum atomic E-state index is 0.766. The van der Waals surface area contributed by atoms with Crippen molar-refractivity contribution < 1.29 is 0 Å². The Bertz CT molecular complexity index is 458. The first kappa shape index (κ1) is 13.9. The molecule has 0 amide bonds. The van der Waals surface area contributed by atoms with Gasteiger partial charge in [0.05, 0.1) is 11.3 Å². The number of benzene rings is 1. The van der Waals surface area contributed by atoms with E-state index in [4.69, 9.17) is 0 Å². The number of anilines is 1. The summed E-state index contributed by atoms with van der Waals surface area (Å²) >= 11 is 0. The van der Waals surface area contributed by atoms with Gasteiger partial charge in [-0.2, -0.15) is 5.26 Å². The van der Waals surface area contributed by atoms with Crippen molar-refractivity contribution in [1.82, 2.24) is 10.2 Å². The molecule has 1 fully saturated rings. The minimum absolute atomic E-state index is 0.766. The van der Waals surface area contributed by atoms with Crippen LogP contribution < -0.4 is 10.2 Å². The normalized spacial score (nSPS) is 16.1. The lowest BCUT2D eigenvalue weighted by Crippen LogP contribution is -2.46. The topological polar surface area (TPSA) is 42.3 Å². The summed E-state index contributed by atoms with van der Waals surface area (Å²) in [6.07, 6.45) is 0. The first-order valence-corrected chi connectivity index (χ1v) is 6.86. The minimum Gasteiger partial charge on any atom is -0.372 e. The summed E-state index contributed by atoms with van der Waals surface area (Å²) in [5, 5.41) is 12.6. The average Bonchev–Trinajstić information content (AvgIpc) is 2.45. The molecule has 4 nitrogen and oxygen atoms in total. The Labute approximate surface area is 115 Å². The third-order valence-corrected chi connectivity index (χ3v) is 3.70. The van der Waals surface area contributed by atoms with Gasteiger partial charge in [0.25, 0.3) is 0 Å². The Morgan fingerprint density at radius 2 is 2.11 bits per heavy atom. The van der Waals surface area contributed by atoms with E-state index in [9.17, 15) is 5.26 Å². The van der Waals surface area contributed by atoms with Gasteiger partial charge in [-0.05, 0) is 18.6 Å². The first-order chi connectivity index (χ1) is 9.22. The van der Waals surface area contributed by atoms with Crippen LogP contribution in [0.5, 0.6) is 0 Å². The summed E-state index contributed by atoms with van der Waals surface area (Å²) < 4.78 is 0. The molecule has 1 heterocycles. The largest absolute Gasteiger partial charge is 0.372 e. The summed E-state index contributed by atoms with van der Waals surface area (Å²) in [6, 6.07) is 8.20. The van der Waals surface area contributed by atoms with E-state index in [0.29, 0.717) is 0 Å². The van der Waals surface area contributed by atoms with Crippen LogP contribution in [0.2, 0.25) is 0 Å². The molecule has 0 aliphatic carbocycles. The van der Waals surface area contributed by atoms with Crippen LogP contribution in [0.3, 0.4) is 0 Å². The van der Waals surface area contributed by atoms with Crippen LogP contribution in [-0.2, 0) is 0 Å². The second kappa shape index (κ2) is 6.55. The predicted molar refractivity (Wildman–Crippen MR) is 78.5 cm³/mol. The molecular formula is C15H22N4. The lowest BCUT2D eigenvalue weighted by Gasteiger charge is -2.30. The molecular weight excluding hydrogens is 236 g/mol. The molecule has 1 aromatic carbocycles. The number of piperazine rings is 1. The van der Waals surface area contributed by atoms with Crippen molar-refractivity contribution in [1.29, 1.82) is 5.26 Å². The maximum absolute atomic E-state index is 9.21. The van der Waals surface area contributed by atoms with E-state index in [-0.39, 0.29) is 0 Å². The number of hydrogen-bond donors (Lipinski definition) is 1. The van der Waals surface area contributed by atoms with Crippen molar-refractivity contribution >= 4 is 5.69 Å². The lowest BCUT2D eigenvalue weighted by atomic mass is 10.1. The van der Waals surface area contributed by atoms with Gasteiger partial charge in [0.15, 0.2) is 0 Å². The van der Waals surface area contributed by atoms with Crippen molar-refractivity contribution in [3.8, 4) is 6.07 Å². The molecule has 0 unspecified atom stereocenters. The number of likely N-dealkylation sites (N-methyl/N-ethyl adjacent to an activating group) is 1. The van der Waals surface area contributed by atoms with E-state index in [1.54, 1.807) is 0 Å². The molecule has 0 saturated carbocycles. The fourth-order valence-electron chi connectivity index (χ4n) is 2.59. The Balaban J connectivity index is 1.99. The third-order valence-electron chi connectivity index (χ3n) is 3.70. The van der Waals surface area contributed by atoms with Gasteiger partial charge in [-0.1, -0.05) is 12.1 Å². The maximum atomic E-state index is 9.21. The number of hydrogen-bond acceptors (Lipinski definition) is 4. The second-order valence-corrected chi connectivity index (χ2v) is 5.10. The molecule has 1 N–H and O–H groups in total. The maximum Gasteiger partial charge on any atom is 0.101 e. The van der Waals surface area contributed by atoms with E-state index in [0.717, 1.165) is 50.5 Å². The Morgan fingerprint density at radius 1 is 1.37 bits per heavy atom. The van der Waals surface area contributed by atoms with Gasteiger partial charge in [-0.3, -0.25) is 4.90 Å². The standard InChI is InChI=1S/C15H22N4/c1-13-4-3-5-14(12-16)15(13)18(2)10-11-19-8-6-17-7-9-19/h3-5,17H,6-11H2,1-2H3.